The Labute approximate surface area is 84.4 Å². The molecule has 0 atom stereocenters. The fourth-order valence-corrected chi connectivity index (χ4v) is 1.85. The number of hydrogen-bond donors (Lipinski definition) is 1. The van der Waals surface area contributed by atoms with E-state index in [0.29, 0.717) is 0 Å². The van der Waals surface area contributed by atoms with Crippen molar-refractivity contribution in [2.24, 2.45) is 0 Å². The summed E-state index contributed by atoms with van der Waals surface area (Å²) in [5, 5.41) is 2.59. The van der Waals surface area contributed by atoms with E-state index in [4.69, 9.17) is 0 Å². The number of carbonyl (C=O) groups is 1. The highest BCUT2D eigenvalue weighted by atomic mass is 32.2. The fourth-order valence-electron chi connectivity index (χ4n) is 1.38. The van der Waals surface area contributed by atoms with Crippen molar-refractivity contribution in [1.29, 1.82) is 0 Å². The molecule has 2 amide bonds. The maximum Gasteiger partial charge on any atom is 0.317 e. The van der Waals surface area contributed by atoms with Crippen LogP contribution in [0.3, 0.4) is 0 Å². The van der Waals surface area contributed by atoms with Crippen LogP contribution in [0.5, 0.6) is 0 Å². The lowest BCUT2D eigenvalue weighted by Crippen LogP contribution is -2.39. The van der Waals surface area contributed by atoms with Crippen LogP contribution in [0.1, 0.15) is 12.8 Å². The van der Waals surface area contributed by atoms with E-state index in [1.54, 1.807) is 4.90 Å². The van der Waals surface area contributed by atoms with Crippen LogP contribution in [-0.4, -0.2) is 51.0 Å². The van der Waals surface area contributed by atoms with Gasteiger partial charge in [0.25, 0.3) is 0 Å². The molecule has 1 saturated heterocycles. The van der Waals surface area contributed by atoms with E-state index in [2.05, 4.69) is 5.32 Å². The molecular formula is C8H16N2O3S. The van der Waals surface area contributed by atoms with E-state index in [-0.39, 0.29) is 18.3 Å². The summed E-state index contributed by atoms with van der Waals surface area (Å²) in [5.74, 6) is 0.00653. The highest BCUT2D eigenvalue weighted by molar-refractivity contribution is 7.90. The number of urea groups is 1. The number of sulfone groups is 1. The molecule has 0 aliphatic carbocycles. The van der Waals surface area contributed by atoms with Crippen molar-refractivity contribution in [3.05, 3.63) is 0 Å². The first-order valence-electron chi connectivity index (χ1n) is 4.69. The molecule has 0 aromatic heterocycles. The van der Waals surface area contributed by atoms with E-state index in [0.717, 1.165) is 32.2 Å². The third-order valence-corrected chi connectivity index (χ3v) is 3.09. The summed E-state index contributed by atoms with van der Waals surface area (Å²) < 4.78 is 21.5. The minimum absolute atomic E-state index is 0.00653. The Morgan fingerprint density at radius 3 is 2.43 bits per heavy atom. The average Bonchev–Trinajstić information content (AvgIpc) is 2.53. The van der Waals surface area contributed by atoms with Gasteiger partial charge in [-0.2, -0.15) is 0 Å². The van der Waals surface area contributed by atoms with Gasteiger partial charge in [-0.05, 0) is 12.8 Å². The summed E-state index contributed by atoms with van der Waals surface area (Å²) in [7, 11) is -2.98. The molecule has 0 unspecified atom stereocenters. The van der Waals surface area contributed by atoms with Crippen LogP contribution in [0, 0.1) is 0 Å². The maximum absolute atomic E-state index is 11.4. The topological polar surface area (TPSA) is 66.5 Å². The fraction of sp³-hybridized carbons (Fsp3) is 0.875. The van der Waals surface area contributed by atoms with Crippen molar-refractivity contribution < 1.29 is 13.2 Å². The summed E-state index contributed by atoms with van der Waals surface area (Å²) in [6.07, 6.45) is 3.24. The third kappa shape index (κ3) is 3.95. The number of hydrogen-bond acceptors (Lipinski definition) is 3. The molecule has 6 heteroatoms. The SMILES string of the molecule is CS(=O)(=O)CCNC(=O)N1CCCC1. The molecule has 0 bridgehead atoms. The summed E-state index contributed by atoms with van der Waals surface area (Å²) in [6.45, 7) is 1.77. The van der Waals surface area contributed by atoms with Crippen molar-refractivity contribution in [2.75, 3.05) is 31.6 Å². The summed E-state index contributed by atoms with van der Waals surface area (Å²) in [5.41, 5.74) is 0. The molecule has 1 N–H and O–H groups in total. The van der Waals surface area contributed by atoms with Crippen molar-refractivity contribution in [2.45, 2.75) is 12.8 Å². The highest BCUT2D eigenvalue weighted by Crippen LogP contribution is 2.06. The second-order valence-electron chi connectivity index (χ2n) is 3.56. The maximum atomic E-state index is 11.4. The van der Waals surface area contributed by atoms with E-state index in [9.17, 15) is 13.2 Å². The molecule has 0 spiro atoms. The molecule has 1 rings (SSSR count). The Bertz CT molecular complexity index is 294. The smallest absolute Gasteiger partial charge is 0.317 e. The molecule has 1 aliphatic rings. The number of carbonyl (C=O) groups excluding carboxylic acids is 1. The number of likely N-dealkylation sites (tertiary alicyclic amines) is 1. The first-order chi connectivity index (χ1) is 6.49. The monoisotopic (exact) mass is 220 g/mol. The van der Waals surface area contributed by atoms with Crippen LogP contribution < -0.4 is 5.32 Å². The van der Waals surface area contributed by atoms with Gasteiger partial charge in [-0.15, -0.1) is 0 Å². The van der Waals surface area contributed by atoms with Gasteiger partial charge in [0, 0.05) is 25.9 Å². The Morgan fingerprint density at radius 1 is 1.36 bits per heavy atom. The lowest BCUT2D eigenvalue weighted by molar-refractivity contribution is 0.209. The van der Waals surface area contributed by atoms with Crippen molar-refractivity contribution in [3.8, 4) is 0 Å². The van der Waals surface area contributed by atoms with Crippen LogP contribution in [0.2, 0.25) is 0 Å². The molecule has 0 aromatic rings. The van der Waals surface area contributed by atoms with Crippen LogP contribution >= 0.6 is 0 Å². The quantitative estimate of drug-likeness (QED) is 0.718. The number of nitrogens with one attached hydrogen (secondary N) is 1. The molecule has 0 aromatic carbocycles. The molecule has 82 valence electrons. The van der Waals surface area contributed by atoms with Crippen LogP contribution in [0.15, 0.2) is 0 Å². The Morgan fingerprint density at radius 2 is 1.93 bits per heavy atom. The lowest BCUT2D eigenvalue weighted by atomic mass is 10.4. The number of nitrogens with zero attached hydrogens (tertiary/aromatic N) is 1. The Hall–Kier alpha value is -0.780. The Balaban J connectivity index is 2.21. The van der Waals surface area contributed by atoms with Gasteiger partial charge in [0.15, 0.2) is 0 Å². The van der Waals surface area contributed by atoms with Gasteiger partial charge >= 0.3 is 6.03 Å². The van der Waals surface area contributed by atoms with E-state index in [1.165, 1.54) is 0 Å². The van der Waals surface area contributed by atoms with E-state index < -0.39 is 9.84 Å². The standard InChI is InChI=1S/C8H16N2O3S/c1-14(12,13)7-4-9-8(11)10-5-2-3-6-10/h2-7H2,1H3,(H,9,11). The zero-order valence-corrected chi connectivity index (χ0v) is 9.14. The Kier molecular flexibility index (Phi) is 3.74. The van der Waals surface area contributed by atoms with Gasteiger partial charge in [0.2, 0.25) is 0 Å². The third-order valence-electron chi connectivity index (χ3n) is 2.14. The van der Waals surface area contributed by atoms with Crippen LogP contribution in [0.25, 0.3) is 0 Å². The minimum atomic E-state index is -2.98. The number of amides is 2. The molecule has 1 heterocycles. The second-order valence-corrected chi connectivity index (χ2v) is 5.82. The molecule has 0 radical (unpaired) electrons. The van der Waals surface area contributed by atoms with Crippen molar-refractivity contribution >= 4 is 15.9 Å². The van der Waals surface area contributed by atoms with Gasteiger partial charge in [0.1, 0.15) is 9.84 Å². The molecule has 5 nitrogen and oxygen atoms in total. The summed E-state index contributed by atoms with van der Waals surface area (Å²) >= 11 is 0. The minimum Gasteiger partial charge on any atom is -0.337 e. The largest absolute Gasteiger partial charge is 0.337 e. The molecule has 1 aliphatic heterocycles. The lowest BCUT2D eigenvalue weighted by Gasteiger charge is -2.15. The van der Waals surface area contributed by atoms with Gasteiger partial charge in [-0.1, -0.05) is 0 Å². The average molecular weight is 220 g/mol. The first kappa shape index (κ1) is 11.3. The molecule has 14 heavy (non-hydrogen) atoms. The highest BCUT2D eigenvalue weighted by Gasteiger charge is 2.17. The zero-order chi connectivity index (χ0) is 10.6. The molecule has 1 fully saturated rings. The van der Waals surface area contributed by atoms with Gasteiger partial charge < -0.3 is 10.2 Å². The first-order valence-corrected chi connectivity index (χ1v) is 6.75. The van der Waals surface area contributed by atoms with E-state index >= 15 is 0 Å². The predicted octanol–water partition coefficient (Wildman–Crippen LogP) is -0.164. The predicted molar refractivity (Wildman–Crippen MR) is 53.9 cm³/mol. The zero-order valence-electron chi connectivity index (χ0n) is 8.32. The summed E-state index contributed by atoms with van der Waals surface area (Å²) in [4.78, 5) is 13.1. The van der Waals surface area contributed by atoms with Gasteiger partial charge in [-0.3, -0.25) is 0 Å². The summed E-state index contributed by atoms with van der Waals surface area (Å²) in [6, 6.07) is -0.147. The molecule has 0 saturated carbocycles. The van der Waals surface area contributed by atoms with Gasteiger partial charge in [-0.25, -0.2) is 13.2 Å². The normalized spacial score (nSPS) is 17.1. The second kappa shape index (κ2) is 4.63. The number of rotatable bonds is 3. The van der Waals surface area contributed by atoms with Crippen molar-refractivity contribution in [3.63, 3.8) is 0 Å². The van der Waals surface area contributed by atoms with Crippen LogP contribution in [-0.2, 0) is 9.84 Å². The van der Waals surface area contributed by atoms with Gasteiger partial charge in [0.05, 0.1) is 5.75 Å². The van der Waals surface area contributed by atoms with Crippen molar-refractivity contribution in [1.82, 2.24) is 10.2 Å². The van der Waals surface area contributed by atoms with E-state index in [1.807, 2.05) is 0 Å². The van der Waals surface area contributed by atoms with Crippen LogP contribution in [0.4, 0.5) is 4.79 Å². The molecular weight excluding hydrogens is 204 g/mol.